The molecular formula is C60H97NO3. The maximum atomic E-state index is 12.4. The van der Waals surface area contributed by atoms with Crippen LogP contribution in [0.2, 0.25) is 0 Å². The predicted molar refractivity (Wildman–Crippen MR) is 285 cm³/mol. The van der Waals surface area contributed by atoms with Crippen LogP contribution < -0.4 is 5.32 Å². The number of carbonyl (C=O) groups excluding carboxylic acids is 1. The van der Waals surface area contributed by atoms with Gasteiger partial charge >= 0.3 is 0 Å². The highest BCUT2D eigenvalue weighted by Gasteiger charge is 2.17. The van der Waals surface area contributed by atoms with Crippen molar-refractivity contribution in [1.29, 1.82) is 0 Å². The summed E-state index contributed by atoms with van der Waals surface area (Å²) >= 11 is 0. The van der Waals surface area contributed by atoms with Crippen LogP contribution in [0.25, 0.3) is 0 Å². The van der Waals surface area contributed by atoms with Gasteiger partial charge in [-0.25, -0.2) is 0 Å². The fourth-order valence-electron chi connectivity index (χ4n) is 6.89. The lowest BCUT2D eigenvalue weighted by molar-refractivity contribution is -0.123. The smallest absolute Gasteiger partial charge is 0.220 e. The molecule has 0 bridgehead atoms. The van der Waals surface area contributed by atoms with E-state index < -0.39 is 12.1 Å². The van der Waals surface area contributed by atoms with Gasteiger partial charge in [-0.1, -0.05) is 243 Å². The van der Waals surface area contributed by atoms with Crippen molar-refractivity contribution in [2.45, 2.75) is 219 Å². The van der Waals surface area contributed by atoms with Crippen LogP contribution >= 0.6 is 0 Å². The summed E-state index contributed by atoms with van der Waals surface area (Å²) < 4.78 is 0. The van der Waals surface area contributed by atoms with E-state index >= 15 is 0 Å². The number of aliphatic hydroxyl groups excluding tert-OH is 2. The van der Waals surface area contributed by atoms with Crippen LogP contribution in [-0.2, 0) is 4.79 Å². The number of hydrogen-bond donors (Lipinski definition) is 3. The fourth-order valence-corrected chi connectivity index (χ4v) is 6.89. The van der Waals surface area contributed by atoms with Gasteiger partial charge in [0.05, 0.1) is 18.8 Å². The van der Waals surface area contributed by atoms with E-state index in [1.54, 1.807) is 6.08 Å². The zero-order chi connectivity index (χ0) is 46.3. The van der Waals surface area contributed by atoms with Crippen molar-refractivity contribution in [1.82, 2.24) is 5.32 Å². The Kier molecular flexibility index (Phi) is 50.5. The highest BCUT2D eigenvalue weighted by atomic mass is 16.3. The third-order valence-electron chi connectivity index (χ3n) is 10.8. The molecule has 4 heteroatoms. The van der Waals surface area contributed by atoms with E-state index in [2.05, 4.69) is 153 Å². The summed E-state index contributed by atoms with van der Waals surface area (Å²) in [6.45, 7) is 4.16. The third kappa shape index (κ3) is 49.3. The summed E-state index contributed by atoms with van der Waals surface area (Å²) in [7, 11) is 0. The Hall–Kier alpha value is -3.73. The minimum Gasteiger partial charge on any atom is -0.394 e. The topological polar surface area (TPSA) is 69.6 Å². The number of carbonyl (C=O) groups is 1. The fraction of sp³-hybridized carbons (Fsp3) is 0.583. The molecule has 0 rings (SSSR count). The van der Waals surface area contributed by atoms with E-state index in [0.717, 1.165) is 109 Å². The van der Waals surface area contributed by atoms with Crippen molar-refractivity contribution >= 4 is 5.91 Å². The predicted octanol–water partition coefficient (Wildman–Crippen LogP) is 17.2. The summed E-state index contributed by atoms with van der Waals surface area (Å²) in [5.41, 5.74) is 0. The van der Waals surface area contributed by atoms with E-state index in [-0.39, 0.29) is 12.5 Å². The first-order chi connectivity index (χ1) is 31.7. The molecule has 0 saturated heterocycles. The summed E-state index contributed by atoms with van der Waals surface area (Å²) in [4.78, 5) is 12.4. The Labute approximate surface area is 395 Å². The Morgan fingerprint density at radius 3 is 1.03 bits per heavy atom. The second kappa shape index (κ2) is 53.6. The molecule has 1 amide bonds. The molecule has 4 nitrogen and oxygen atoms in total. The summed E-state index contributed by atoms with van der Waals surface area (Å²) in [5, 5.41) is 23.0. The number of unbranched alkanes of at least 4 members (excludes halogenated alkanes) is 16. The standard InChI is InChI=1S/C60H97NO3/c1-3-5-7-9-11-13-15-16-17-18-19-20-21-22-23-24-25-26-27-28-29-30-31-32-33-34-35-36-37-38-39-40-41-42-43-44-46-48-50-52-54-56-60(64)61-58(57-62)59(63)55-53-51-49-47-45-14-12-10-8-6-4-2/h5,7,11,13,16-17,19-20,22-23,25-26,28-29,31-32,34-35,37-38,40-41,53,55,58-59,62-63H,3-4,6,8-10,12,14-15,18,21,24,27,30,33,36,39,42-52,54,56-57H2,1-2H3,(H,61,64)/b7-5-,13-11-,17-16-,20-19-,23-22-,26-25-,29-28-,32-31-,35-34-,38-37-,41-40-,55-53+. The van der Waals surface area contributed by atoms with Crippen molar-refractivity contribution in [2.24, 2.45) is 0 Å². The lowest BCUT2D eigenvalue weighted by Gasteiger charge is -2.20. The maximum absolute atomic E-state index is 12.4. The summed E-state index contributed by atoms with van der Waals surface area (Å²) in [5.74, 6) is -0.0836. The van der Waals surface area contributed by atoms with Crippen molar-refractivity contribution in [3.8, 4) is 0 Å². The summed E-state index contributed by atoms with van der Waals surface area (Å²) in [6.07, 6.45) is 85.5. The first-order valence-corrected chi connectivity index (χ1v) is 26.0. The minimum atomic E-state index is -0.852. The molecule has 3 N–H and O–H groups in total. The number of aliphatic hydroxyl groups is 2. The number of allylic oxidation sites excluding steroid dienone is 23. The van der Waals surface area contributed by atoms with Crippen molar-refractivity contribution in [2.75, 3.05) is 6.61 Å². The van der Waals surface area contributed by atoms with E-state index in [9.17, 15) is 15.0 Å². The van der Waals surface area contributed by atoms with Gasteiger partial charge in [0.2, 0.25) is 5.91 Å². The molecule has 64 heavy (non-hydrogen) atoms. The molecule has 0 aliphatic heterocycles. The van der Waals surface area contributed by atoms with Crippen LogP contribution in [0.4, 0.5) is 0 Å². The second-order valence-electron chi connectivity index (χ2n) is 16.9. The van der Waals surface area contributed by atoms with Crippen molar-refractivity contribution in [3.63, 3.8) is 0 Å². The summed E-state index contributed by atoms with van der Waals surface area (Å²) in [6, 6.07) is -0.637. The van der Waals surface area contributed by atoms with E-state index in [0.29, 0.717) is 6.42 Å². The van der Waals surface area contributed by atoms with Gasteiger partial charge in [0, 0.05) is 6.42 Å². The zero-order valence-corrected chi connectivity index (χ0v) is 41.2. The van der Waals surface area contributed by atoms with E-state index in [4.69, 9.17) is 0 Å². The first-order valence-electron chi connectivity index (χ1n) is 26.0. The molecule has 0 heterocycles. The highest BCUT2D eigenvalue weighted by Crippen LogP contribution is 2.13. The second-order valence-corrected chi connectivity index (χ2v) is 16.9. The van der Waals surface area contributed by atoms with Gasteiger partial charge < -0.3 is 15.5 Å². The molecule has 0 aromatic rings. The minimum absolute atomic E-state index is 0.0836. The Morgan fingerprint density at radius 2 is 0.688 bits per heavy atom. The molecule has 0 fully saturated rings. The van der Waals surface area contributed by atoms with Gasteiger partial charge in [-0.2, -0.15) is 0 Å². The van der Waals surface area contributed by atoms with Gasteiger partial charge in [0.1, 0.15) is 0 Å². The maximum Gasteiger partial charge on any atom is 0.220 e. The number of rotatable bonds is 45. The molecule has 360 valence electrons. The van der Waals surface area contributed by atoms with Gasteiger partial charge in [-0.3, -0.25) is 4.79 Å². The Balaban J connectivity index is 3.67. The lowest BCUT2D eigenvalue weighted by atomic mass is 10.1. The van der Waals surface area contributed by atoms with Crippen LogP contribution in [0.3, 0.4) is 0 Å². The van der Waals surface area contributed by atoms with Gasteiger partial charge in [-0.05, 0) is 103 Å². The molecule has 0 aromatic heterocycles. The molecule has 0 aromatic carbocycles. The molecule has 0 spiro atoms. The van der Waals surface area contributed by atoms with Crippen LogP contribution in [0.1, 0.15) is 206 Å². The average molecular weight is 880 g/mol. The van der Waals surface area contributed by atoms with Crippen LogP contribution in [-0.4, -0.2) is 34.9 Å². The van der Waals surface area contributed by atoms with E-state index in [1.165, 1.54) is 77.0 Å². The van der Waals surface area contributed by atoms with Gasteiger partial charge in [-0.15, -0.1) is 0 Å². The largest absolute Gasteiger partial charge is 0.394 e. The normalized spacial score (nSPS) is 14.1. The lowest BCUT2D eigenvalue weighted by Crippen LogP contribution is -2.45. The van der Waals surface area contributed by atoms with Crippen LogP contribution in [0.5, 0.6) is 0 Å². The molecular weight excluding hydrogens is 783 g/mol. The Bertz CT molecular complexity index is 1370. The molecule has 0 aliphatic rings. The van der Waals surface area contributed by atoms with Crippen molar-refractivity contribution in [3.05, 3.63) is 146 Å². The van der Waals surface area contributed by atoms with Crippen LogP contribution in [0.15, 0.2) is 146 Å². The first kappa shape index (κ1) is 60.3. The molecule has 0 saturated carbocycles. The monoisotopic (exact) mass is 880 g/mol. The third-order valence-corrected chi connectivity index (χ3v) is 10.8. The number of hydrogen-bond acceptors (Lipinski definition) is 3. The molecule has 2 unspecified atom stereocenters. The van der Waals surface area contributed by atoms with Crippen molar-refractivity contribution < 1.29 is 15.0 Å². The quantitative estimate of drug-likeness (QED) is 0.0422. The average Bonchev–Trinajstić information content (AvgIpc) is 3.30. The number of amides is 1. The zero-order valence-electron chi connectivity index (χ0n) is 41.2. The van der Waals surface area contributed by atoms with Crippen LogP contribution in [0, 0.1) is 0 Å². The Morgan fingerprint density at radius 1 is 0.391 bits per heavy atom. The van der Waals surface area contributed by atoms with Gasteiger partial charge in [0.15, 0.2) is 0 Å². The van der Waals surface area contributed by atoms with Gasteiger partial charge in [0.25, 0.3) is 0 Å². The molecule has 0 radical (unpaired) electrons. The van der Waals surface area contributed by atoms with E-state index in [1.807, 2.05) is 6.08 Å². The SMILES string of the molecule is CC/C=C\C/C=C\C/C=C\C/C=C\C/C=C\C/C=C\C/C=C\C/C=C\C/C=C\C/C=C\C/C=C\CCCCCCCCCC(=O)NC(CO)C(O)/C=C/CCCCCCCCCCC. The molecule has 2 atom stereocenters. The number of nitrogens with one attached hydrogen (secondary N) is 1. The highest BCUT2D eigenvalue weighted by molar-refractivity contribution is 5.76. The molecule has 0 aliphatic carbocycles.